The van der Waals surface area contributed by atoms with E-state index in [1.807, 2.05) is 19.1 Å². The highest BCUT2D eigenvalue weighted by molar-refractivity contribution is 6.00. The van der Waals surface area contributed by atoms with Crippen molar-refractivity contribution in [3.05, 3.63) is 47.5 Å². The monoisotopic (exact) mass is 399 g/mol. The van der Waals surface area contributed by atoms with E-state index in [1.54, 1.807) is 38.5 Å². The summed E-state index contributed by atoms with van der Waals surface area (Å²) in [6.45, 7) is 4.51. The molecular formula is C23H29NO5. The smallest absolute Gasteiger partial charge is 0.170 e. The third kappa shape index (κ3) is 4.82. The molecule has 2 aromatic rings. The van der Waals surface area contributed by atoms with Crippen LogP contribution in [0.2, 0.25) is 0 Å². The Labute approximate surface area is 172 Å². The molecule has 6 nitrogen and oxygen atoms in total. The van der Waals surface area contributed by atoms with Crippen molar-refractivity contribution in [1.29, 1.82) is 0 Å². The second kappa shape index (κ2) is 9.65. The van der Waals surface area contributed by atoms with Crippen molar-refractivity contribution in [2.24, 2.45) is 5.92 Å². The molecule has 0 aromatic heterocycles. The average molecular weight is 399 g/mol. The van der Waals surface area contributed by atoms with Gasteiger partial charge in [0.25, 0.3) is 0 Å². The first-order valence-corrected chi connectivity index (χ1v) is 9.99. The summed E-state index contributed by atoms with van der Waals surface area (Å²) in [5.74, 6) is 1.85. The summed E-state index contributed by atoms with van der Waals surface area (Å²) in [4.78, 5) is 15.4. The molecule has 1 fully saturated rings. The van der Waals surface area contributed by atoms with Gasteiger partial charge in [-0.2, -0.15) is 0 Å². The van der Waals surface area contributed by atoms with Crippen molar-refractivity contribution in [3.8, 4) is 23.0 Å². The number of hydrogen-bond donors (Lipinski definition) is 1. The minimum atomic E-state index is -0.108. The van der Waals surface area contributed by atoms with Crippen LogP contribution in [0, 0.1) is 5.92 Å². The predicted molar refractivity (Wildman–Crippen MR) is 111 cm³/mol. The number of para-hydroxylation sites is 1. The van der Waals surface area contributed by atoms with E-state index in [0.29, 0.717) is 42.5 Å². The van der Waals surface area contributed by atoms with Crippen LogP contribution >= 0.6 is 0 Å². The molecule has 0 bridgehead atoms. The molecule has 0 spiro atoms. The number of piperidine rings is 1. The van der Waals surface area contributed by atoms with Crippen molar-refractivity contribution < 1.29 is 24.1 Å². The Bertz CT molecular complexity index is 851. The van der Waals surface area contributed by atoms with Crippen LogP contribution in [0.25, 0.3) is 0 Å². The molecule has 3 rings (SSSR count). The van der Waals surface area contributed by atoms with Crippen molar-refractivity contribution in [2.75, 3.05) is 33.9 Å². The molecule has 0 unspecified atom stereocenters. The Morgan fingerprint density at radius 2 is 2.00 bits per heavy atom. The maximum absolute atomic E-state index is 13.2. The topological polar surface area (TPSA) is 68.2 Å². The van der Waals surface area contributed by atoms with Crippen LogP contribution in [0.5, 0.6) is 23.0 Å². The van der Waals surface area contributed by atoms with Gasteiger partial charge in [0, 0.05) is 30.6 Å². The van der Waals surface area contributed by atoms with Gasteiger partial charge in [0.05, 0.1) is 26.4 Å². The molecule has 156 valence electrons. The van der Waals surface area contributed by atoms with Crippen LogP contribution in [0.4, 0.5) is 0 Å². The number of ether oxygens (including phenoxy) is 3. The number of phenols is 1. The molecule has 0 saturated carbocycles. The molecule has 1 aliphatic heterocycles. The number of rotatable bonds is 8. The van der Waals surface area contributed by atoms with Crippen molar-refractivity contribution in [2.45, 2.75) is 26.3 Å². The zero-order valence-corrected chi connectivity index (χ0v) is 17.3. The lowest BCUT2D eigenvalue weighted by Crippen LogP contribution is -2.38. The molecule has 2 aromatic carbocycles. The number of methoxy groups -OCH3 is 2. The number of carbonyl (C=O) groups excluding carboxylic acids is 1. The van der Waals surface area contributed by atoms with Gasteiger partial charge in [0.15, 0.2) is 17.3 Å². The second-order valence-corrected chi connectivity index (χ2v) is 7.20. The number of benzene rings is 2. The lowest BCUT2D eigenvalue weighted by Gasteiger charge is -2.32. The number of aromatic hydroxyl groups is 1. The molecule has 0 amide bonds. The average Bonchev–Trinajstić information content (AvgIpc) is 2.76. The highest BCUT2D eigenvalue weighted by Crippen LogP contribution is 2.33. The van der Waals surface area contributed by atoms with Gasteiger partial charge >= 0.3 is 0 Å². The van der Waals surface area contributed by atoms with Gasteiger partial charge in [-0.1, -0.05) is 12.1 Å². The molecule has 0 radical (unpaired) electrons. The summed E-state index contributed by atoms with van der Waals surface area (Å²) in [7, 11) is 3.15. The summed E-state index contributed by atoms with van der Waals surface area (Å²) in [6, 6.07) is 10.8. The van der Waals surface area contributed by atoms with Gasteiger partial charge < -0.3 is 19.3 Å². The van der Waals surface area contributed by atoms with Crippen molar-refractivity contribution in [3.63, 3.8) is 0 Å². The standard InChI is InChI=1S/C23H29NO5/c1-4-29-20-9-5-7-17(23(20)26)15-24-12-6-8-16(14-24)22(25)19-11-10-18(27-2)13-21(19)28-3/h5,7,9-11,13,16,26H,4,6,8,12,14-15H2,1-3H3/t16-/m0/s1. The van der Waals surface area contributed by atoms with Crippen LogP contribution < -0.4 is 14.2 Å². The predicted octanol–water partition coefficient (Wildman–Crippen LogP) is 3.90. The lowest BCUT2D eigenvalue weighted by atomic mass is 9.89. The highest BCUT2D eigenvalue weighted by atomic mass is 16.5. The number of hydrogen-bond acceptors (Lipinski definition) is 6. The maximum atomic E-state index is 13.2. The van der Waals surface area contributed by atoms with Gasteiger partial charge in [-0.05, 0) is 44.5 Å². The number of likely N-dealkylation sites (tertiary alicyclic amines) is 1. The Kier molecular flexibility index (Phi) is 6.99. The van der Waals surface area contributed by atoms with E-state index in [4.69, 9.17) is 14.2 Å². The van der Waals surface area contributed by atoms with Gasteiger partial charge in [0.2, 0.25) is 0 Å². The van der Waals surface area contributed by atoms with Gasteiger partial charge in [-0.3, -0.25) is 9.69 Å². The Morgan fingerprint density at radius 1 is 1.17 bits per heavy atom. The van der Waals surface area contributed by atoms with E-state index < -0.39 is 0 Å². The molecule has 6 heteroatoms. The Hall–Kier alpha value is -2.73. The highest BCUT2D eigenvalue weighted by Gasteiger charge is 2.29. The summed E-state index contributed by atoms with van der Waals surface area (Å²) in [5.41, 5.74) is 1.40. The van der Waals surface area contributed by atoms with Gasteiger partial charge in [0.1, 0.15) is 11.5 Å². The van der Waals surface area contributed by atoms with E-state index in [1.165, 1.54) is 0 Å². The zero-order valence-electron chi connectivity index (χ0n) is 17.3. The second-order valence-electron chi connectivity index (χ2n) is 7.20. The largest absolute Gasteiger partial charge is 0.504 e. The summed E-state index contributed by atoms with van der Waals surface area (Å²) in [6.07, 6.45) is 1.77. The van der Waals surface area contributed by atoms with E-state index in [2.05, 4.69) is 4.90 Å². The number of carbonyl (C=O) groups is 1. The molecule has 1 saturated heterocycles. The van der Waals surface area contributed by atoms with E-state index in [9.17, 15) is 9.90 Å². The maximum Gasteiger partial charge on any atom is 0.170 e. The number of ketones is 1. The van der Waals surface area contributed by atoms with E-state index in [0.717, 1.165) is 24.9 Å². The number of nitrogens with zero attached hydrogens (tertiary/aromatic N) is 1. The fraction of sp³-hybridized carbons (Fsp3) is 0.435. The fourth-order valence-corrected chi connectivity index (χ4v) is 3.84. The third-order valence-electron chi connectivity index (χ3n) is 5.33. The first-order valence-electron chi connectivity index (χ1n) is 9.99. The van der Waals surface area contributed by atoms with Crippen LogP contribution in [0.1, 0.15) is 35.7 Å². The normalized spacial score (nSPS) is 17.0. The van der Waals surface area contributed by atoms with Gasteiger partial charge in [-0.25, -0.2) is 0 Å². The fourth-order valence-electron chi connectivity index (χ4n) is 3.84. The van der Waals surface area contributed by atoms with Crippen LogP contribution in [-0.2, 0) is 6.54 Å². The quantitative estimate of drug-likeness (QED) is 0.679. The molecule has 1 aliphatic rings. The summed E-state index contributed by atoms with van der Waals surface area (Å²) >= 11 is 0. The van der Waals surface area contributed by atoms with Crippen LogP contribution in [-0.4, -0.2) is 49.7 Å². The first-order chi connectivity index (χ1) is 14.1. The Morgan fingerprint density at radius 3 is 2.72 bits per heavy atom. The molecule has 1 atom stereocenters. The van der Waals surface area contributed by atoms with Crippen molar-refractivity contribution >= 4 is 5.78 Å². The summed E-state index contributed by atoms with van der Waals surface area (Å²) in [5, 5.41) is 10.5. The summed E-state index contributed by atoms with van der Waals surface area (Å²) < 4.78 is 16.1. The minimum Gasteiger partial charge on any atom is -0.504 e. The number of phenolic OH excluding ortho intramolecular Hbond substituents is 1. The molecule has 1 N–H and O–H groups in total. The van der Waals surface area contributed by atoms with E-state index in [-0.39, 0.29) is 17.5 Å². The SMILES string of the molecule is CCOc1cccc(CN2CCC[C@H](C(=O)c3ccc(OC)cc3OC)C2)c1O. The molecular weight excluding hydrogens is 370 g/mol. The minimum absolute atomic E-state index is 0.0847. The van der Waals surface area contributed by atoms with Crippen LogP contribution in [0.3, 0.4) is 0 Å². The molecule has 0 aliphatic carbocycles. The number of Topliss-reactive ketones (excluding diaryl/α,β-unsaturated/α-hetero) is 1. The Balaban J connectivity index is 1.73. The van der Waals surface area contributed by atoms with Crippen molar-refractivity contribution in [1.82, 2.24) is 4.90 Å². The first kappa shape index (κ1) is 21.0. The van der Waals surface area contributed by atoms with Gasteiger partial charge in [-0.15, -0.1) is 0 Å². The van der Waals surface area contributed by atoms with E-state index >= 15 is 0 Å². The molecule has 29 heavy (non-hydrogen) atoms. The molecule has 1 heterocycles. The third-order valence-corrected chi connectivity index (χ3v) is 5.33. The lowest BCUT2D eigenvalue weighted by molar-refractivity contribution is 0.0807. The van der Waals surface area contributed by atoms with Crippen LogP contribution in [0.15, 0.2) is 36.4 Å². The zero-order chi connectivity index (χ0) is 20.8.